The van der Waals surface area contributed by atoms with E-state index >= 15 is 0 Å². The smallest absolute Gasteiger partial charge is 0.322 e. The number of aromatic nitrogens is 1. The summed E-state index contributed by atoms with van der Waals surface area (Å²) in [5, 5.41) is 3.61. The van der Waals surface area contributed by atoms with Gasteiger partial charge in [-0.3, -0.25) is 0 Å². The topological polar surface area (TPSA) is 57.7 Å². The molecule has 0 bridgehead atoms. The number of carbonyl (C=O) groups is 1. The highest BCUT2D eigenvalue weighted by molar-refractivity contribution is 6.30. The van der Waals surface area contributed by atoms with Crippen molar-refractivity contribution in [1.29, 1.82) is 0 Å². The minimum atomic E-state index is -0.152. The third-order valence-corrected chi connectivity index (χ3v) is 4.95. The lowest BCUT2D eigenvalue weighted by Crippen LogP contribution is -2.45. The standard InChI is InChI=1S/C21H27ClN4O2/c1-4-25(14-17-5-7-18(22)8-6-17)21(27)24-19-9-10-20(23-11-19)26-12-15(2)28-16(3)13-26/h5-11,15-16H,4,12-14H2,1-3H3,(H,24,27). The highest BCUT2D eigenvalue weighted by atomic mass is 35.5. The van der Waals surface area contributed by atoms with Crippen molar-refractivity contribution in [3.63, 3.8) is 0 Å². The first kappa shape index (κ1) is 20.4. The number of anilines is 2. The first-order chi connectivity index (χ1) is 13.4. The number of benzene rings is 1. The van der Waals surface area contributed by atoms with Gasteiger partial charge in [0, 0.05) is 31.2 Å². The summed E-state index contributed by atoms with van der Waals surface area (Å²) < 4.78 is 5.77. The SMILES string of the molecule is CCN(Cc1ccc(Cl)cc1)C(=O)Nc1ccc(N2CC(C)OC(C)C2)nc1. The lowest BCUT2D eigenvalue weighted by atomic mass is 10.2. The number of hydrogen-bond donors (Lipinski definition) is 1. The maximum Gasteiger partial charge on any atom is 0.322 e. The third-order valence-electron chi connectivity index (χ3n) is 4.70. The predicted molar refractivity (Wildman–Crippen MR) is 113 cm³/mol. The molecule has 2 heterocycles. The van der Waals surface area contributed by atoms with Crippen LogP contribution in [-0.2, 0) is 11.3 Å². The minimum absolute atomic E-state index is 0.152. The number of halogens is 1. The van der Waals surface area contributed by atoms with Crippen LogP contribution in [0.4, 0.5) is 16.3 Å². The Labute approximate surface area is 171 Å². The van der Waals surface area contributed by atoms with Gasteiger partial charge in [-0.05, 0) is 50.6 Å². The fraction of sp³-hybridized carbons (Fsp3) is 0.429. The van der Waals surface area contributed by atoms with Gasteiger partial charge in [0.2, 0.25) is 0 Å². The molecule has 1 saturated heterocycles. The molecule has 2 amide bonds. The molecule has 0 radical (unpaired) electrons. The molecule has 150 valence electrons. The van der Waals surface area contributed by atoms with Gasteiger partial charge in [0.25, 0.3) is 0 Å². The Balaban J connectivity index is 1.60. The Hall–Kier alpha value is -2.31. The molecule has 3 rings (SSSR count). The van der Waals surface area contributed by atoms with Gasteiger partial charge in [0.05, 0.1) is 24.1 Å². The Kier molecular flexibility index (Phi) is 6.75. The van der Waals surface area contributed by atoms with Gasteiger partial charge in [-0.2, -0.15) is 0 Å². The number of nitrogens with one attached hydrogen (secondary N) is 1. The number of hydrogen-bond acceptors (Lipinski definition) is 4. The van der Waals surface area contributed by atoms with E-state index in [-0.39, 0.29) is 18.2 Å². The van der Waals surface area contributed by atoms with E-state index in [1.165, 1.54) is 0 Å². The van der Waals surface area contributed by atoms with Crippen LogP contribution in [0.15, 0.2) is 42.6 Å². The van der Waals surface area contributed by atoms with Crippen LogP contribution in [0.1, 0.15) is 26.3 Å². The molecular weight excluding hydrogens is 376 g/mol. The van der Waals surface area contributed by atoms with Crippen molar-refractivity contribution in [1.82, 2.24) is 9.88 Å². The molecule has 1 aromatic heterocycles. The van der Waals surface area contributed by atoms with Gasteiger partial charge in [-0.15, -0.1) is 0 Å². The quantitative estimate of drug-likeness (QED) is 0.805. The van der Waals surface area contributed by atoms with Crippen molar-refractivity contribution in [3.8, 4) is 0 Å². The van der Waals surface area contributed by atoms with Crippen LogP contribution in [-0.4, -0.2) is 47.8 Å². The second-order valence-corrected chi connectivity index (χ2v) is 7.57. The van der Waals surface area contributed by atoms with E-state index in [0.29, 0.717) is 23.8 Å². The number of ether oxygens (including phenoxy) is 1. The number of pyridine rings is 1. The summed E-state index contributed by atoms with van der Waals surface area (Å²) in [6.07, 6.45) is 2.06. The number of nitrogens with zero attached hydrogens (tertiary/aromatic N) is 3. The van der Waals surface area contributed by atoms with Crippen LogP contribution in [0, 0.1) is 0 Å². The van der Waals surface area contributed by atoms with Gasteiger partial charge in [0.15, 0.2) is 0 Å². The van der Waals surface area contributed by atoms with Gasteiger partial charge < -0.3 is 19.9 Å². The Bertz CT molecular complexity index is 772. The zero-order valence-electron chi connectivity index (χ0n) is 16.6. The van der Waals surface area contributed by atoms with Gasteiger partial charge in [-0.25, -0.2) is 9.78 Å². The van der Waals surface area contributed by atoms with Crippen LogP contribution in [0.2, 0.25) is 5.02 Å². The summed E-state index contributed by atoms with van der Waals surface area (Å²) in [4.78, 5) is 21.1. The largest absolute Gasteiger partial charge is 0.372 e. The maximum atomic E-state index is 12.6. The summed E-state index contributed by atoms with van der Waals surface area (Å²) in [6, 6.07) is 11.2. The van der Waals surface area contributed by atoms with Crippen LogP contribution in [0.5, 0.6) is 0 Å². The molecule has 1 aliphatic rings. The van der Waals surface area contributed by atoms with Crippen LogP contribution >= 0.6 is 11.6 Å². The predicted octanol–water partition coefficient (Wildman–Crippen LogP) is 4.40. The number of rotatable bonds is 5. The van der Waals surface area contributed by atoms with Crippen molar-refractivity contribution >= 4 is 29.1 Å². The number of carbonyl (C=O) groups excluding carboxylic acids is 1. The normalized spacial score (nSPS) is 19.4. The van der Waals surface area contributed by atoms with E-state index < -0.39 is 0 Å². The zero-order valence-corrected chi connectivity index (χ0v) is 17.3. The monoisotopic (exact) mass is 402 g/mol. The first-order valence-corrected chi connectivity index (χ1v) is 9.99. The van der Waals surface area contributed by atoms with Crippen LogP contribution in [0.25, 0.3) is 0 Å². The molecule has 1 aromatic carbocycles. The molecule has 2 atom stereocenters. The lowest BCUT2D eigenvalue weighted by Gasteiger charge is -2.36. The summed E-state index contributed by atoms with van der Waals surface area (Å²) in [6.45, 7) is 8.84. The van der Waals surface area contributed by atoms with E-state index in [4.69, 9.17) is 16.3 Å². The Morgan fingerprint density at radius 1 is 1.21 bits per heavy atom. The van der Waals surface area contributed by atoms with Crippen LogP contribution in [0.3, 0.4) is 0 Å². The Morgan fingerprint density at radius 3 is 2.46 bits per heavy atom. The fourth-order valence-electron chi connectivity index (χ4n) is 3.35. The second-order valence-electron chi connectivity index (χ2n) is 7.14. The molecule has 1 aliphatic heterocycles. The number of morpholine rings is 1. The van der Waals surface area contributed by atoms with E-state index in [0.717, 1.165) is 24.5 Å². The number of amides is 2. The molecule has 0 aliphatic carbocycles. The fourth-order valence-corrected chi connectivity index (χ4v) is 3.48. The van der Waals surface area contributed by atoms with Crippen molar-refractivity contribution in [3.05, 3.63) is 53.2 Å². The van der Waals surface area contributed by atoms with Crippen molar-refractivity contribution in [2.24, 2.45) is 0 Å². The summed E-state index contributed by atoms with van der Waals surface area (Å²) >= 11 is 5.93. The van der Waals surface area contributed by atoms with E-state index in [9.17, 15) is 4.79 Å². The van der Waals surface area contributed by atoms with Gasteiger partial charge in [0.1, 0.15) is 5.82 Å². The molecule has 1 fully saturated rings. The highest BCUT2D eigenvalue weighted by Gasteiger charge is 2.23. The molecular formula is C21H27ClN4O2. The van der Waals surface area contributed by atoms with Crippen molar-refractivity contribution < 1.29 is 9.53 Å². The zero-order chi connectivity index (χ0) is 20.1. The molecule has 2 unspecified atom stereocenters. The molecule has 28 heavy (non-hydrogen) atoms. The van der Waals surface area contributed by atoms with E-state index in [2.05, 4.69) is 29.0 Å². The second kappa shape index (κ2) is 9.26. The van der Waals surface area contributed by atoms with Gasteiger partial charge >= 0.3 is 6.03 Å². The minimum Gasteiger partial charge on any atom is -0.372 e. The van der Waals surface area contributed by atoms with E-state index in [1.807, 2.05) is 43.3 Å². The summed E-state index contributed by atoms with van der Waals surface area (Å²) in [5.41, 5.74) is 1.71. The molecule has 0 saturated carbocycles. The van der Waals surface area contributed by atoms with Crippen molar-refractivity contribution in [2.75, 3.05) is 29.9 Å². The summed E-state index contributed by atoms with van der Waals surface area (Å²) in [5.74, 6) is 0.897. The average molecular weight is 403 g/mol. The Morgan fingerprint density at radius 2 is 1.89 bits per heavy atom. The molecule has 6 nitrogen and oxygen atoms in total. The lowest BCUT2D eigenvalue weighted by molar-refractivity contribution is -0.00545. The molecule has 1 N–H and O–H groups in total. The van der Waals surface area contributed by atoms with Gasteiger partial charge in [-0.1, -0.05) is 23.7 Å². The molecule has 7 heteroatoms. The molecule has 2 aromatic rings. The first-order valence-electron chi connectivity index (χ1n) is 9.61. The van der Waals surface area contributed by atoms with Crippen LogP contribution < -0.4 is 10.2 Å². The molecule has 0 spiro atoms. The van der Waals surface area contributed by atoms with E-state index in [1.54, 1.807) is 11.1 Å². The number of urea groups is 1. The average Bonchev–Trinajstić information content (AvgIpc) is 2.67. The third kappa shape index (κ3) is 5.36. The summed E-state index contributed by atoms with van der Waals surface area (Å²) in [7, 11) is 0. The highest BCUT2D eigenvalue weighted by Crippen LogP contribution is 2.20. The van der Waals surface area contributed by atoms with Crippen molar-refractivity contribution in [2.45, 2.75) is 39.5 Å². The maximum absolute atomic E-state index is 12.6.